The van der Waals surface area contributed by atoms with Crippen LogP contribution in [0.4, 0.5) is 0 Å². The van der Waals surface area contributed by atoms with Crippen molar-refractivity contribution in [1.82, 2.24) is 14.5 Å². The van der Waals surface area contributed by atoms with E-state index in [1.165, 1.54) is 10.9 Å². The molecule has 130 valence electrons. The molecule has 0 aliphatic carbocycles. The highest BCUT2D eigenvalue weighted by atomic mass is 16.5. The lowest BCUT2D eigenvalue weighted by Gasteiger charge is -2.26. The van der Waals surface area contributed by atoms with Crippen LogP contribution in [-0.2, 0) is 11.8 Å². The van der Waals surface area contributed by atoms with E-state index in [2.05, 4.69) is 9.88 Å². The van der Waals surface area contributed by atoms with Crippen molar-refractivity contribution in [2.45, 2.75) is 6.42 Å². The van der Waals surface area contributed by atoms with Crippen LogP contribution in [-0.4, -0.2) is 61.0 Å². The summed E-state index contributed by atoms with van der Waals surface area (Å²) in [7, 11) is 3.27. The minimum absolute atomic E-state index is 0.0965. The molecule has 0 N–H and O–H groups in total. The van der Waals surface area contributed by atoms with Crippen molar-refractivity contribution in [1.29, 1.82) is 0 Å². The molecular formula is C17H23N3O4. The number of fused-ring (bicyclic) bond motifs is 1. The van der Waals surface area contributed by atoms with E-state index in [1.807, 2.05) is 0 Å². The van der Waals surface area contributed by atoms with Crippen molar-refractivity contribution in [2.75, 3.05) is 46.6 Å². The molecule has 1 saturated heterocycles. The number of rotatable bonds is 6. The number of morpholine rings is 1. The molecule has 2 heterocycles. The van der Waals surface area contributed by atoms with E-state index in [1.54, 1.807) is 26.3 Å². The fraction of sp³-hybridized carbons (Fsp3) is 0.529. The number of ether oxygens (including phenoxy) is 3. The number of hydrogen-bond acceptors (Lipinski definition) is 6. The van der Waals surface area contributed by atoms with Gasteiger partial charge in [-0.25, -0.2) is 4.98 Å². The van der Waals surface area contributed by atoms with Crippen LogP contribution in [0.1, 0.15) is 6.42 Å². The maximum absolute atomic E-state index is 12.2. The van der Waals surface area contributed by atoms with Gasteiger partial charge in [-0.15, -0.1) is 0 Å². The largest absolute Gasteiger partial charge is 0.493 e. The maximum atomic E-state index is 12.2. The molecule has 0 spiro atoms. The molecule has 0 unspecified atom stereocenters. The van der Waals surface area contributed by atoms with Gasteiger partial charge < -0.3 is 18.8 Å². The Morgan fingerprint density at radius 2 is 2.04 bits per heavy atom. The molecule has 1 aliphatic rings. The third kappa shape index (κ3) is 3.68. The lowest BCUT2D eigenvalue weighted by Crippen LogP contribution is -2.37. The highest BCUT2D eigenvalue weighted by molar-refractivity contribution is 5.81. The van der Waals surface area contributed by atoms with E-state index in [0.717, 1.165) is 39.3 Å². The average Bonchev–Trinajstić information content (AvgIpc) is 2.62. The van der Waals surface area contributed by atoms with Crippen molar-refractivity contribution in [3.63, 3.8) is 0 Å². The molecule has 1 aromatic heterocycles. The minimum Gasteiger partial charge on any atom is -0.493 e. The summed E-state index contributed by atoms with van der Waals surface area (Å²) in [6, 6.07) is 3.46. The smallest absolute Gasteiger partial charge is 0.261 e. The molecule has 3 rings (SSSR count). The van der Waals surface area contributed by atoms with Crippen LogP contribution in [0, 0.1) is 0 Å². The van der Waals surface area contributed by atoms with Crippen LogP contribution in [0.3, 0.4) is 0 Å². The standard InChI is InChI=1S/C17H23N3O4/c1-19-12-18-14-11-15(22-2)16(10-13(14)17(19)21)24-7-3-4-20-5-8-23-9-6-20/h10-12H,3-9H2,1-2H3. The van der Waals surface area contributed by atoms with Crippen molar-refractivity contribution < 1.29 is 14.2 Å². The summed E-state index contributed by atoms with van der Waals surface area (Å²) in [4.78, 5) is 18.8. The van der Waals surface area contributed by atoms with Gasteiger partial charge in [0.15, 0.2) is 11.5 Å². The van der Waals surface area contributed by atoms with E-state index in [-0.39, 0.29) is 5.56 Å². The predicted octanol–water partition coefficient (Wildman–Crippen LogP) is 1.04. The van der Waals surface area contributed by atoms with Gasteiger partial charge in [-0.3, -0.25) is 9.69 Å². The lowest BCUT2D eigenvalue weighted by atomic mass is 10.2. The van der Waals surface area contributed by atoms with Gasteiger partial charge in [0.1, 0.15) is 0 Å². The zero-order chi connectivity index (χ0) is 16.9. The Labute approximate surface area is 140 Å². The molecule has 7 heteroatoms. The number of aryl methyl sites for hydroxylation is 1. The zero-order valence-electron chi connectivity index (χ0n) is 14.2. The first kappa shape index (κ1) is 16.7. The van der Waals surface area contributed by atoms with Gasteiger partial charge >= 0.3 is 0 Å². The topological polar surface area (TPSA) is 65.8 Å². The number of hydrogen-bond donors (Lipinski definition) is 0. The Kier molecular flexibility index (Phi) is 5.32. The highest BCUT2D eigenvalue weighted by Gasteiger charge is 2.12. The third-order valence-corrected chi connectivity index (χ3v) is 4.18. The van der Waals surface area contributed by atoms with Crippen LogP contribution in [0.15, 0.2) is 23.3 Å². The van der Waals surface area contributed by atoms with E-state index in [9.17, 15) is 4.79 Å². The van der Waals surface area contributed by atoms with Crippen LogP contribution in [0.25, 0.3) is 10.9 Å². The van der Waals surface area contributed by atoms with Gasteiger partial charge in [-0.05, 0) is 12.5 Å². The summed E-state index contributed by atoms with van der Waals surface area (Å²) in [6.07, 6.45) is 2.42. The maximum Gasteiger partial charge on any atom is 0.261 e. The molecule has 1 fully saturated rings. The molecule has 0 atom stereocenters. The van der Waals surface area contributed by atoms with Crippen LogP contribution < -0.4 is 15.0 Å². The van der Waals surface area contributed by atoms with Crippen molar-refractivity contribution in [3.05, 3.63) is 28.8 Å². The first-order valence-electron chi connectivity index (χ1n) is 8.15. The van der Waals surface area contributed by atoms with E-state index in [4.69, 9.17) is 14.2 Å². The summed E-state index contributed by atoms with van der Waals surface area (Å²) in [5, 5.41) is 0.531. The summed E-state index contributed by atoms with van der Waals surface area (Å²) >= 11 is 0. The Bertz CT molecular complexity index is 753. The number of benzene rings is 1. The Morgan fingerprint density at radius 3 is 2.79 bits per heavy atom. The summed E-state index contributed by atoms with van der Waals surface area (Å²) < 4.78 is 18.0. The van der Waals surface area contributed by atoms with E-state index >= 15 is 0 Å². The van der Waals surface area contributed by atoms with Gasteiger partial charge in [0.2, 0.25) is 0 Å². The average molecular weight is 333 g/mol. The second kappa shape index (κ2) is 7.63. The first-order chi connectivity index (χ1) is 11.7. The Balaban J connectivity index is 1.68. The molecule has 1 aliphatic heterocycles. The summed E-state index contributed by atoms with van der Waals surface area (Å²) in [5.74, 6) is 1.17. The molecule has 0 saturated carbocycles. The second-order valence-electron chi connectivity index (χ2n) is 5.84. The highest BCUT2D eigenvalue weighted by Crippen LogP contribution is 2.30. The van der Waals surface area contributed by atoms with Gasteiger partial charge in [0.05, 0.1) is 44.2 Å². The summed E-state index contributed by atoms with van der Waals surface area (Å²) in [5.41, 5.74) is 0.511. The van der Waals surface area contributed by atoms with Gasteiger partial charge in [0, 0.05) is 32.7 Å². The monoisotopic (exact) mass is 333 g/mol. The number of methoxy groups -OCH3 is 1. The molecular weight excluding hydrogens is 310 g/mol. The molecule has 7 nitrogen and oxygen atoms in total. The summed E-state index contributed by atoms with van der Waals surface area (Å²) in [6.45, 7) is 5.09. The zero-order valence-corrected chi connectivity index (χ0v) is 14.2. The molecule has 0 bridgehead atoms. The van der Waals surface area contributed by atoms with Crippen LogP contribution >= 0.6 is 0 Å². The van der Waals surface area contributed by atoms with Crippen molar-refractivity contribution in [2.24, 2.45) is 7.05 Å². The Hall–Kier alpha value is -2.12. The van der Waals surface area contributed by atoms with Gasteiger partial charge in [-0.2, -0.15) is 0 Å². The van der Waals surface area contributed by atoms with Crippen molar-refractivity contribution in [3.8, 4) is 11.5 Å². The molecule has 0 radical (unpaired) electrons. The normalized spacial score (nSPS) is 15.6. The SMILES string of the molecule is COc1cc2ncn(C)c(=O)c2cc1OCCCN1CCOCC1. The van der Waals surface area contributed by atoms with Crippen LogP contribution in [0.2, 0.25) is 0 Å². The lowest BCUT2D eigenvalue weighted by molar-refractivity contribution is 0.0357. The van der Waals surface area contributed by atoms with Crippen molar-refractivity contribution >= 4 is 10.9 Å². The fourth-order valence-corrected chi connectivity index (χ4v) is 2.79. The van der Waals surface area contributed by atoms with E-state index in [0.29, 0.717) is 29.0 Å². The van der Waals surface area contributed by atoms with E-state index < -0.39 is 0 Å². The molecule has 2 aromatic rings. The Morgan fingerprint density at radius 1 is 1.25 bits per heavy atom. The van der Waals surface area contributed by atoms with Gasteiger partial charge in [-0.1, -0.05) is 0 Å². The third-order valence-electron chi connectivity index (χ3n) is 4.18. The second-order valence-corrected chi connectivity index (χ2v) is 5.84. The quantitative estimate of drug-likeness (QED) is 0.736. The van der Waals surface area contributed by atoms with Gasteiger partial charge in [0.25, 0.3) is 5.56 Å². The molecule has 24 heavy (non-hydrogen) atoms. The number of aromatic nitrogens is 2. The molecule has 0 amide bonds. The molecule has 1 aromatic carbocycles. The minimum atomic E-state index is -0.0965. The van der Waals surface area contributed by atoms with Crippen LogP contribution in [0.5, 0.6) is 11.5 Å². The predicted molar refractivity (Wildman–Crippen MR) is 90.9 cm³/mol. The number of nitrogens with zero attached hydrogens (tertiary/aromatic N) is 3. The fourth-order valence-electron chi connectivity index (χ4n) is 2.79. The first-order valence-corrected chi connectivity index (χ1v) is 8.15.